The molecule has 1 amide bonds. The zero-order chi connectivity index (χ0) is 31.6. The summed E-state index contributed by atoms with van der Waals surface area (Å²) in [4.78, 5) is 48.8. The van der Waals surface area contributed by atoms with Crippen molar-refractivity contribution in [3.63, 3.8) is 0 Å². The summed E-state index contributed by atoms with van der Waals surface area (Å²) in [7, 11) is 0. The molecule has 1 saturated heterocycles. The molecule has 0 bridgehead atoms. The molecule has 11 heteroatoms. The summed E-state index contributed by atoms with van der Waals surface area (Å²) >= 11 is 0. The fourth-order valence-electron chi connectivity index (χ4n) is 5.72. The molecule has 0 radical (unpaired) electrons. The number of nitrogen functional groups attached to an aromatic ring is 1. The van der Waals surface area contributed by atoms with Crippen LogP contribution in [0.3, 0.4) is 0 Å². The predicted octanol–water partition coefficient (Wildman–Crippen LogP) is 4.47. The molecule has 4 rings (SSSR count). The Morgan fingerprint density at radius 1 is 1.02 bits per heavy atom. The third-order valence-corrected chi connectivity index (χ3v) is 8.38. The number of aromatic nitrogens is 3. The SMILES string of the molecule is CCCCCNc1nc(N)nc2ccn(Cc3ccc(CN4CCN(C(=O)CCCC(=O)CC(C)C(=O)O)CC4)cc3C)c12. The lowest BCUT2D eigenvalue weighted by Crippen LogP contribution is -2.48. The number of aliphatic carboxylic acids is 1. The second-order valence-electron chi connectivity index (χ2n) is 12.0. The van der Waals surface area contributed by atoms with E-state index in [0.717, 1.165) is 55.9 Å². The Bertz CT molecular complexity index is 1450. The molecular weight excluding hydrogens is 558 g/mol. The number of carbonyl (C=O) groups excluding carboxylic acids is 2. The fraction of sp³-hybridized carbons (Fsp3) is 0.545. The number of rotatable bonds is 16. The number of benzene rings is 1. The number of unbranched alkanes of at least 4 members (excludes halogenated alkanes) is 2. The van der Waals surface area contributed by atoms with Gasteiger partial charge in [0.1, 0.15) is 11.3 Å². The van der Waals surface area contributed by atoms with E-state index in [1.807, 2.05) is 17.2 Å². The molecule has 0 aliphatic carbocycles. The maximum absolute atomic E-state index is 12.7. The van der Waals surface area contributed by atoms with E-state index in [9.17, 15) is 14.4 Å². The van der Waals surface area contributed by atoms with Gasteiger partial charge in [0, 0.05) is 71.3 Å². The minimum Gasteiger partial charge on any atom is -0.481 e. The number of piperazine rings is 1. The quantitative estimate of drug-likeness (QED) is 0.201. The molecule has 1 aliphatic rings. The molecule has 3 aromatic rings. The van der Waals surface area contributed by atoms with Gasteiger partial charge in [0.25, 0.3) is 0 Å². The fourth-order valence-corrected chi connectivity index (χ4v) is 5.72. The summed E-state index contributed by atoms with van der Waals surface area (Å²) in [5, 5.41) is 12.4. The van der Waals surface area contributed by atoms with Gasteiger partial charge in [0.05, 0.1) is 11.4 Å². The molecule has 1 aromatic carbocycles. The van der Waals surface area contributed by atoms with Gasteiger partial charge in [0.2, 0.25) is 11.9 Å². The van der Waals surface area contributed by atoms with Crippen LogP contribution < -0.4 is 11.1 Å². The zero-order valence-corrected chi connectivity index (χ0v) is 26.3. The third kappa shape index (κ3) is 9.01. The average Bonchev–Trinajstić information content (AvgIpc) is 3.39. The number of anilines is 2. The number of aryl methyl sites for hydroxylation is 1. The first kappa shape index (κ1) is 32.9. The molecule has 0 spiro atoms. The highest BCUT2D eigenvalue weighted by atomic mass is 16.4. The highest BCUT2D eigenvalue weighted by Gasteiger charge is 2.22. The number of carboxylic acid groups (broad SMARTS) is 1. The van der Waals surface area contributed by atoms with Gasteiger partial charge in [-0.05, 0) is 42.5 Å². The molecular formula is C33H47N7O4. The van der Waals surface area contributed by atoms with Crippen molar-refractivity contribution in [2.45, 2.75) is 78.8 Å². The van der Waals surface area contributed by atoms with E-state index in [2.05, 4.69) is 56.8 Å². The standard InChI is InChI=1S/C33H47N7O4/c1-4-5-6-13-35-31-30-28(36-33(34)37-31)12-14-40(30)22-26-11-10-25(19-23(26)2)21-38-15-17-39(18-16-38)29(42)9-7-8-27(41)20-24(3)32(43)44/h10-12,14,19,24H,4-9,13,15-18,20-22H2,1-3H3,(H,43,44)(H3,34,35,36,37). The first-order valence-electron chi connectivity index (χ1n) is 15.8. The van der Waals surface area contributed by atoms with Gasteiger partial charge in [-0.2, -0.15) is 4.98 Å². The number of hydrogen-bond acceptors (Lipinski definition) is 8. The maximum Gasteiger partial charge on any atom is 0.306 e. The largest absolute Gasteiger partial charge is 0.481 e. The number of carboxylic acids is 1. The van der Waals surface area contributed by atoms with Crippen LogP contribution in [0.15, 0.2) is 30.5 Å². The van der Waals surface area contributed by atoms with Crippen molar-refractivity contribution in [1.29, 1.82) is 0 Å². The van der Waals surface area contributed by atoms with Crippen molar-refractivity contribution >= 4 is 40.5 Å². The molecule has 0 saturated carbocycles. The van der Waals surface area contributed by atoms with Gasteiger partial charge in [-0.3, -0.25) is 19.3 Å². The summed E-state index contributed by atoms with van der Waals surface area (Å²) in [6.45, 7) is 11.2. The topological polar surface area (TPSA) is 147 Å². The lowest BCUT2D eigenvalue weighted by molar-refractivity contribution is -0.143. The number of ketones is 1. The van der Waals surface area contributed by atoms with Gasteiger partial charge in [0.15, 0.2) is 5.82 Å². The molecule has 238 valence electrons. The van der Waals surface area contributed by atoms with Crippen LogP contribution in [0.2, 0.25) is 0 Å². The Morgan fingerprint density at radius 2 is 1.80 bits per heavy atom. The maximum atomic E-state index is 12.7. The lowest BCUT2D eigenvalue weighted by Gasteiger charge is -2.35. The van der Waals surface area contributed by atoms with Crippen molar-refractivity contribution < 1.29 is 19.5 Å². The molecule has 1 fully saturated rings. The van der Waals surface area contributed by atoms with Crippen molar-refractivity contribution in [2.24, 2.45) is 5.92 Å². The minimum atomic E-state index is -0.967. The Labute approximate surface area is 259 Å². The van der Waals surface area contributed by atoms with Crippen LogP contribution in [0.1, 0.15) is 75.5 Å². The molecule has 1 atom stereocenters. The molecule has 1 unspecified atom stereocenters. The third-order valence-electron chi connectivity index (χ3n) is 8.38. The van der Waals surface area contributed by atoms with E-state index >= 15 is 0 Å². The monoisotopic (exact) mass is 605 g/mol. The van der Waals surface area contributed by atoms with E-state index in [-0.39, 0.29) is 30.5 Å². The van der Waals surface area contributed by atoms with Crippen LogP contribution in [0.25, 0.3) is 11.0 Å². The molecule has 44 heavy (non-hydrogen) atoms. The van der Waals surface area contributed by atoms with Crippen molar-refractivity contribution in [3.05, 3.63) is 47.2 Å². The van der Waals surface area contributed by atoms with E-state index in [0.29, 0.717) is 32.5 Å². The number of nitrogens with two attached hydrogens (primary N) is 1. The van der Waals surface area contributed by atoms with Gasteiger partial charge < -0.3 is 25.6 Å². The number of amides is 1. The molecule has 1 aliphatic heterocycles. The van der Waals surface area contributed by atoms with E-state index in [1.54, 1.807) is 0 Å². The van der Waals surface area contributed by atoms with Crippen LogP contribution in [0.4, 0.5) is 11.8 Å². The van der Waals surface area contributed by atoms with Crippen LogP contribution in [-0.2, 0) is 27.5 Å². The van der Waals surface area contributed by atoms with Crippen LogP contribution in [0, 0.1) is 12.8 Å². The molecule has 2 aromatic heterocycles. The summed E-state index contributed by atoms with van der Waals surface area (Å²) in [6, 6.07) is 8.62. The second kappa shape index (κ2) is 15.7. The van der Waals surface area contributed by atoms with Gasteiger partial charge in [-0.1, -0.05) is 44.9 Å². The van der Waals surface area contributed by atoms with Crippen LogP contribution >= 0.6 is 0 Å². The van der Waals surface area contributed by atoms with Gasteiger partial charge in [-0.25, -0.2) is 4.98 Å². The summed E-state index contributed by atoms with van der Waals surface area (Å²) in [5.41, 5.74) is 11.5. The summed E-state index contributed by atoms with van der Waals surface area (Å²) in [5.74, 6) is -0.634. The summed E-state index contributed by atoms with van der Waals surface area (Å²) in [6.07, 6.45) is 6.50. The normalized spacial score (nSPS) is 14.6. The second-order valence-corrected chi connectivity index (χ2v) is 12.0. The van der Waals surface area contributed by atoms with Crippen LogP contribution in [-0.4, -0.2) is 79.8 Å². The smallest absolute Gasteiger partial charge is 0.306 e. The number of nitrogens with zero attached hydrogens (tertiary/aromatic N) is 5. The molecule has 3 heterocycles. The Morgan fingerprint density at radius 3 is 2.50 bits per heavy atom. The van der Waals surface area contributed by atoms with Crippen molar-refractivity contribution in [1.82, 2.24) is 24.3 Å². The Balaban J connectivity index is 1.27. The first-order chi connectivity index (χ1) is 21.1. The number of fused-ring (bicyclic) bond motifs is 1. The highest BCUT2D eigenvalue weighted by molar-refractivity contribution is 5.87. The number of hydrogen-bond donors (Lipinski definition) is 3. The first-order valence-corrected chi connectivity index (χ1v) is 15.8. The highest BCUT2D eigenvalue weighted by Crippen LogP contribution is 2.25. The Hall–Kier alpha value is -3.99. The molecule has 11 nitrogen and oxygen atoms in total. The van der Waals surface area contributed by atoms with Gasteiger partial charge in [-0.15, -0.1) is 0 Å². The Kier molecular flexibility index (Phi) is 11.7. The minimum absolute atomic E-state index is 0.0219. The van der Waals surface area contributed by atoms with E-state index in [1.165, 1.54) is 30.0 Å². The number of Topliss-reactive ketones (excluding diaryl/α,β-unsaturated/α-hetero) is 1. The van der Waals surface area contributed by atoms with Gasteiger partial charge >= 0.3 is 5.97 Å². The molecule has 4 N–H and O–H groups in total. The van der Waals surface area contributed by atoms with Crippen molar-refractivity contribution in [3.8, 4) is 0 Å². The predicted molar refractivity (Wildman–Crippen MR) is 172 cm³/mol. The summed E-state index contributed by atoms with van der Waals surface area (Å²) < 4.78 is 2.18. The number of carbonyl (C=O) groups is 3. The average molecular weight is 606 g/mol. The zero-order valence-electron chi connectivity index (χ0n) is 26.3. The lowest BCUT2D eigenvalue weighted by atomic mass is 10.0. The van der Waals surface area contributed by atoms with E-state index < -0.39 is 11.9 Å². The van der Waals surface area contributed by atoms with Crippen molar-refractivity contribution in [2.75, 3.05) is 43.8 Å². The van der Waals surface area contributed by atoms with E-state index in [4.69, 9.17) is 10.8 Å². The van der Waals surface area contributed by atoms with Crippen LogP contribution in [0.5, 0.6) is 0 Å². The number of nitrogens with one attached hydrogen (secondary N) is 1.